The lowest BCUT2D eigenvalue weighted by atomic mass is 10.1. The number of rotatable bonds is 3. The third-order valence-corrected chi connectivity index (χ3v) is 3.07. The number of nitrogens with one attached hydrogen (secondary N) is 1. The van der Waals surface area contributed by atoms with Gasteiger partial charge in [0.15, 0.2) is 11.2 Å². The first kappa shape index (κ1) is 14.3. The summed E-state index contributed by atoms with van der Waals surface area (Å²) in [5, 5.41) is 9.82. The van der Waals surface area contributed by atoms with Gasteiger partial charge >= 0.3 is 5.69 Å². The molecule has 0 fully saturated rings. The second-order valence-electron chi connectivity index (χ2n) is 5.63. The zero-order valence-corrected chi connectivity index (χ0v) is 12.3. The summed E-state index contributed by atoms with van der Waals surface area (Å²) < 4.78 is 2.34. The zero-order chi connectivity index (χ0) is 15.2. The first-order valence-electron chi connectivity index (χ1n) is 6.21. The highest BCUT2D eigenvalue weighted by molar-refractivity contribution is 5.72. The number of nitrogens with zero attached hydrogens (tertiary/aromatic N) is 4. The second-order valence-corrected chi connectivity index (χ2v) is 5.63. The van der Waals surface area contributed by atoms with Crippen molar-refractivity contribution in [3.63, 3.8) is 0 Å². The van der Waals surface area contributed by atoms with Crippen molar-refractivity contribution in [3.05, 3.63) is 20.8 Å². The van der Waals surface area contributed by atoms with Crippen LogP contribution in [0.25, 0.3) is 11.2 Å². The molecule has 0 aromatic carbocycles. The van der Waals surface area contributed by atoms with E-state index in [2.05, 4.69) is 9.97 Å². The van der Waals surface area contributed by atoms with Gasteiger partial charge in [-0.2, -0.15) is 4.98 Å². The van der Waals surface area contributed by atoms with Crippen LogP contribution in [0.4, 0.5) is 5.95 Å². The molecule has 0 radical (unpaired) electrons. The Labute approximate surface area is 115 Å². The first-order chi connectivity index (χ1) is 9.11. The summed E-state index contributed by atoms with van der Waals surface area (Å²) in [4.78, 5) is 32.7. The summed E-state index contributed by atoms with van der Waals surface area (Å²) in [5.41, 5.74) is -1.17. The van der Waals surface area contributed by atoms with Gasteiger partial charge in [-0.05, 0) is 13.8 Å². The molecule has 0 unspecified atom stereocenters. The van der Waals surface area contributed by atoms with Crippen LogP contribution in [-0.4, -0.2) is 43.4 Å². The standard InChI is InChI=1S/C12H19N5O3/c1-12(2,20)6-15(3)10-13-7-8(14-10)16(4)11(19)17(5)9(7)18/h20H,6H2,1-5H3,(H,13,14). The zero-order valence-electron chi connectivity index (χ0n) is 12.3. The van der Waals surface area contributed by atoms with E-state index in [1.807, 2.05) is 0 Å². The van der Waals surface area contributed by atoms with Crippen molar-refractivity contribution in [3.8, 4) is 0 Å². The van der Waals surface area contributed by atoms with Gasteiger partial charge in [-0.1, -0.05) is 0 Å². The molecule has 2 aromatic rings. The van der Waals surface area contributed by atoms with Gasteiger partial charge in [-0.15, -0.1) is 0 Å². The maximum Gasteiger partial charge on any atom is 0.332 e. The molecule has 2 rings (SSSR count). The fourth-order valence-corrected chi connectivity index (χ4v) is 2.15. The molecule has 0 saturated heterocycles. The lowest BCUT2D eigenvalue weighted by Crippen LogP contribution is -2.37. The number of aromatic amines is 1. The quantitative estimate of drug-likeness (QED) is 0.765. The number of hydrogen-bond acceptors (Lipinski definition) is 5. The van der Waals surface area contributed by atoms with E-state index in [4.69, 9.17) is 0 Å². The maximum absolute atomic E-state index is 12.0. The molecular formula is C12H19N5O3. The molecule has 2 heterocycles. The number of H-pyrrole nitrogens is 1. The van der Waals surface area contributed by atoms with Crippen LogP contribution in [-0.2, 0) is 14.1 Å². The highest BCUT2D eigenvalue weighted by Crippen LogP contribution is 2.14. The van der Waals surface area contributed by atoms with Gasteiger partial charge < -0.3 is 15.0 Å². The van der Waals surface area contributed by atoms with Gasteiger partial charge in [0.05, 0.1) is 5.60 Å². The Balaban J connectivity index is 2.61. The van der Waals surface area contributed by atoms with Crippen molar-refractivity contribution >= 4 is 17.1 Å². The van der Waals surface area contributed by atoms with E-state index >= 15 is 0 Å². The highest BCUT2D eigenvalue weighted by Gasteiger charge is 2.20. The third-order valence-electron chi connectivity index (χ3n) is 3.07. The van der Waals surface area contributed by atoms with E-state index in [0.717, 1.165) is 4.57 Å². The van der Waals surface area contributed by atoms with Gasteiger partial charge in [-0.25, -0.2) is 4.79 Å². The molecule has 0 amide bonds. The largest absolute Gasteiger partial charge is 0.389 e. The number of aryl methyl sites for hydroxylation is 1. The molecule has 0 aliphatic rings. The first-order valence-corrected chi connectivity index (χ1v) is 6.21. The molecule has 0 bridgehead atoms. The molecule has 8 nitrogen and oxygen atoms in total. The number of anilines is 1. The summed E-state index contributed by atoms with van der Waals surface area (Å²) >= 11 is 0. The van der Waals surface area contributed by atoms with Crippen LogP contribution in [0.1, 0.15) is 13.8 Å². The van der Waals surface area contributed by atoms with Crippen molar-refractivity contribution in [2.24, 2.45) is 14.1 Å². The van der Waals surface area contributed by atoms with Gasteiger partial charge in [0.2, 0.25) is 5.95 Å². The van der Waals surface area contributed by atoms with E-state index in [9.17, 15) is 14.7 Å². The summed E-state index contributed by atoms with van der Waals surface area (Å²) in [6.07, 6.45) is 0. The van der Waals surface area contributed by atoms with E-state index in [1.54, 1.807) is 32.8 Å². The lowest BCUT2D eigenvalue weighted by molar-refractivity contribution is 0.0883. The molecule has 0 saturated carbocycles. The Hall–Kier alpha value is -2.09. The molecule has 0 atom stereocenters. The number of imidazole rings is 1. The highest BCUT2D eigenvalue weighted by atomic mass is 16.3. The normalized spacial score (nSPS) is 12.1. The summed E-state index contributed by atoms with van der Waals surface area (Å²) in [6, 6.07) is 0. The van der Waals surface area contributed by atoms with Crippen LogP contribution in [0.5, 0.6) is 0 Å². The van der Waals surface area contributed by atoms with E-state index in [-0.39, 0.29) is 5.52 Å². The van der Waals surface area contributed by atoms with Gasteiger partial charge in [0, 0.05) is 27.7 Å². The minimum atomic E-state index is -0.898. The van der Waals surface area contributed by atoms with Crippen molar-refractivity contribution in [1.29, 1.82) is 0 Å². The predicted molar refractivity (Wildman–Crippen MR) is 76.1 cm³/mol. The fourth-order valence-electron chi connectivity index (χ4n) is 2.15. The SMILES string of the molecule is CN(CC(C)(C)O)c1nc2c([nH]1)c(=O)n(C)c(=O)n2C. The number of hydrogen-bond donors (Lipinski definition) is 2. The number of likely N-dealkylation sites (N-methyl/N-ethyl adjacent to an activating group) is 1. The minimum Gasteiger partial charge on any atom is -0.389 e. The molecule has 8 heteroatoms. The Morgan fingerprint density at radius 2 is 1.90 bits per heavy atom. The predicted octanol–water partition coefficient (Wildman–Crippen LogP) is -0.833. The van der Waals surface area contributed by atoms with Crippen LogP contribution in [0, 0.1) is 0 Å². The van der Waals surface area contributed by atoms with E-state index in [1.165, 1.54) is 11.6 Å². The van der Waals surface area contributed by atoms with Crippen LogP contribution in [0.3, 0.4) is 0 Å². The van der Waals surface area contributed by atoms with Crippen molar-refractivity contribution in [2.75, 3.05) is 18.5 Å². The van der Waals surface area contributed by atoms with Crippen LogP contribution < -0.4 is 16.1 Å². The average molecular weight is 281 g/mol. The number of aromatic nitrogens is 4. The monoisotopic (exact) mass is 281 g/mol. The second kappa shape index (κ2) is 4.48. The molecule has 2 aromatic heterocycles. The Morgan fingerprint density at radius 3 is 2.45 bits per heavy atom. The topological polar surface area (TPSA) is 96.2 Å². The minimum absolute atomic E-state index is 0.271. The Morgan fingerprint density at radius 1 is 1.30 bits per heavy atom. The van der Waals surface area contributed by atoms with Crippen molar-refractivity contribution in [1.82, 2.24) is 19.1 Å². The van der Waals surface area contributed by atoms with Crippen molar-refractivity contribution < 1.29 is 5.11 Å². The summed E-state index contributed by atoms with van der Waals surface area (Å²) in [7, 11) is 4.73. The number of fused-ring (bicyclic) bond motifs is 1. The molecule has 110 valence electrons. The summed E-state index contributed by atoms with van der Waals surface area (Å²) in [6.45, 7) is 3.70. The number of aliphatic hydroxyl groups is 1. The summed E-state index contributed by atoms with van der Waals surface area (Å²) in [5.74, 6) is 0.431. The maximum atomic E-state index is 12.0. The average Bonchev–Trinajstić information content (AvgIpc) is 2.77. The van der Waals surface area contributed by atoms with E-state index in [0.29, 0.717) is 18.1 Å². The van der Waals surface area contributed by atoms with Gasteiger partial charge in [0.25, 0.3) is 5.56 Å². The molecule has 0 aliphatic heterocycles. The third kappa shape index (κ3) is 2.34. The molecular weight excluding hydrogens is 262 g/mol. The molecule has 20 heavy (non-hydrogen) atoms. The van der Waals surface area contributed by atoms with E-state index < -0.39 is 16.9 Å². The Kier molecular flexibility index (Phi) is 3.21. The molecule has 0 spiro atoms. The molecule has 0 aliphatic carbocycles. The van der Waals surface area contributed by atoms with Crippen LogP contribution in [0.15, 0.2) is 9.59 Å². The fraction of sp³-hybridized carbons (Fsp3) is 0.583. The van der Waals surface area contributed by atoms with Gasteiger partial charge in [0.1, 0.15) is 0 Å². The lowest BCUT2D eigenvalue weighted by Gasteiger charge is -2.24. The molecule has 2 N–H and O–H groups in total. The van der Waals surface area contributed by atoms with Crippen molar-refractivity contribution in [2.45, 2.75) is 19.4 Å². The van der Waals surface area contributed by atoms with Gasteiger partial charge in [-0.3, -0.25) is 13.9 Å². The van der Waals surface area contributed by atoms with Crippen LogP contribution >= 0.6 is 0 Å². The van der Waals surface area contributed by atoms with Crippen LogP contribution in [0.2, 0.25) is 0 Å². The Bertz CT molecular complexity index is 762. The smallest absolute Gasteiger partial charge is 0.332 e.